The number of nitrogens with zero attached hydrogens (tertiary/aromatic N) is 2. The van der Waals surface area contributed by atoms with Crippen LogP contribution in [0.25, 0.3) is 0 Å². The lowest BCUT2D eigenvalue weighted by Gasteiger charge is -2.20. The zero-order valence-corrected chi connectivity index (χ0v) is 11.6. The molecule has 1 rings (SSSR count). The highest BCUT2D eigenvalue weighted by atomic mass is 16.4. The molecule has 0 saturated carbocycles. The van der Waals surface area contributed by atoms with Gasteiger partial charge < -0.3 is 10.0 Å². The quantitative estimate of drug-likeness (QED) is 0.856. The van der Waals surface area contributed by atoms with E-state index < -0.39 is 5.97 Å². The Morgan fingerprint density at radius 1 is 1.32 bits per heavy atom. The molecular weight excluding hydrogens is 244 g/mol. The van der Waals surface area contributed by atoms with Gasteiger partial charge in [0, 0.05) is 18.8 Å². The SMILES string of the molecule is CCCCN(CC)C(=O)c1cc(C(=O)O)cc(C)n1. The topological polar surface area (TPSA) is 70.5 Å². The molecule has 0 aromatic carbocycles. The Kier molecular flexibility index (Phi) is 5.48. The van der Waals surface area contributed by atoms with E-state index in [1.807, 2.05) is 6.92 Å². The number of aromatic nitrogens is 1. The summed E-state index contributed by atoms with van der Waals surface area (Å²) in [4.78, 5) is 29.1. The molecule has 0 aliphatic rings. The Morgan fingerprint density at radius 2 is 2.00 bits per heavy atom. The van der Waals surface area contributed by atoms with E-state index in [9.17, 15) is 9.59 Å². The van der Waals surface area contributed by atoms with Crippen molar-refractivity contribution in [1.82, 2.24) is 9.88 Å². The van der Waals surface area contributed by atoms with E-state index in [-0.39, 0.29) is 17.2 Å². The lowest BCUT2D eigenvalue weighted by Crippen LogP contribution is -2.32. The number of pyridine rings is 1. The van der Waals surface area contributed by atoms with Gasteiger partial charge in [0.05, 0.1) is 5.56 Å². The molecule has 5 heteroatoms. The standard InChI is InChI=1S/C14H20N2O3/c1-4-6-7-16(5-2)13(17)12-9-11(14(18)19)8-10(3)15-12/h8-9H,4-7H2,1-3H3,(H,18,19). The minimum absolute atomic E-state index is 0.0994. The molecule has 0 atom stereocenters. The minimum Gasteiger partial charge on any atom is -0.478 e. The third-order valence-corrected chi connectivity index (χ3v) is 2.87. The normalized spacial score (nSPS) is 10.3. The monoisotopic (exact) mass is 264 g/mol. The molecule has 0 aliphatic heterocycles. The van der Waals surface area contributed by atoms with Gasteiger partial charge in [0.2, 0.25) is 0 Å². The number of amides is 1. The van der Waals surface area contributed by atoms with Gasteiger partial charge in [-0.1, -0.05) is 13.3 Å². The molecule has 0 fully saturated rings. The number of aryl methyl sites for hydroxylation is 1. The van der Waals surface area contributed by atoms with E-state index in [2.05, 4.69) is 11.9 Å². The Labute approximate surface area is 113 Å². The van der Waals surface area contributed by atoms with E-state index in [4.69, 9.17) is 5.11 Å². The van der Waals surface area contributed by atoms with Crippen molar-refractivity contribution in [2.75, 3.05) is 13.1 Å². The number of rotatable bonds is 6. The van der Waals surface area contributed by atoms with Crippen molar-refractivity contribution >= 4 is 11.9 Å². The smallest absolute Gasteiger partial charge is 0.335 e. The van der Waals surface area contributed by atoms with Crippen molar-refractivity contribution < 1.29 is 14.7 Å². The summed E-state index contributed by atoms with van der Waals surface area (Å²) in [5.41, 5.74) is 0.840. The van der Waals surface area contributed by atoms with Crippen LogP contribution in [0.1, 0.15) is 53.2 Å². The van der Waals surface area contributed by atoms with Crippen LogP contribution < -0.4 is 0 Å². The van der Waals surface area contributed by atoms with Crippen LogP contribution in [0.15, 0.2) is 12.1 Å². The molecule has 1 aromatic heterocycles. The third-order valence-electron chi connectivity index (χ3n) is 2.87. The van der Waals surface area contributed by atoms with Crippen LogP contribution >= 0.6 is 0 Å². The second kappa shape index (κ2) is 6.87. The molecule has 0 unspecified atom stereocenters. The summed E-state index contributed by atoms with van der Waals surface area (Å²) in [6.07, 6.45) is 1.93. The van der Waals surface area contributed by atoms with Gasteiger partial charge >= 0.3 is 5.97 Å². The molecular formula is C14H20N2O3. The molecule has 0 saturated heterocycles. The number of carboxylic acid groups (broad SMARTS) is 1. The minimum atomic E-state index is -1.05. The first kappa shape index (κ1) is 15.1. The Balaban J connectivity index is 3.00. The summed E-state index contributed by atoms with van der Waals surface area (Å²) in [6.45, 7) is 6.92. The van der Waals surface area contributed by atoms with Crippen molar-refractivity contribution in [3.63, 3.8) is 0 Å². The van der Waals surface area contributed by atoms with Gasteiger partial charge in [0.15, 0.2) is 0 Å². The first-order valence-corrected chi connectivity index (χ1v) is 6.50. The van der Waals surface area contributed by atoms with Crippen LogP contribution in [-0.4, -0.2) is 40.0 Å². The lowest BCUT2D eigenvalue weighted by molar-refractivity contribution is 0.0696. The van der Waals surface area contributed by atoms with E-state index in [0.717, 1.165) is 12.8 Å². The predicted octanol–water partition coefficient (Wildman–Crippen LogP) is 2.35. The maximum absolute atomic E-state index is 12.3. The van der Waals surface area contributed by atoms with Crippen molar-refractivity contribution in [3.8, 4) is 0 Å². The van der Waals surface area contributed by atoms with Crippen LogP contribution in [0.5, 0.6) is 0 Å². The lowest BCUT2D eigenvalue weighted by atomic mass is 10.1. The molecule has 104 valence electrons. The molecule has 1 heterocycles. The number of carboxylic acids is 1. The fourth-order valence-corrected chi connectivity index (χ4v) is 1.82. The zero-order chi connectivity index (χ0) is 14.4. The number of hydrogen-bond acceptors (Lipinski definition) is 3. The van der Waals surface area contributed by atoms with Crippen LogP contribution in [0.3, 0.4) is 0 Å². The highest BCUT2D eigenvalue weighted by molar-refractivity contribution is 5.96. The zero-order valence-electron chi connectivity index (χ0n) is 11.6. The van der Waals surface area contributed by atoms with Crippen LogP contribution in [0.4, 0.5) is 0 Å². The van der Waals surface area contributed by atoms with Crippen molar-refractivity contribution in [1.29, 1.82) is 0 Å². The molecule has 5 nitrogen and oxygen atoms in total. The molecule has 0 aliphatic carbocycles. The second-order valence-electron chi connectivity index (χ2n) is 4.43. The van der Waals surface area contributed by atoms with Gasteiger partial charge in [0.1, 0.15) is 5.69 Å². The average Bonchev–Trinajstić information content (AvgIpc) is 2.38. The van der Waals surface area contributed by atoms with Gasteiger partial charge in [-0.2, -0.15) is 0 Å². The fourth-order valence-electron chi connectivity index (χ4n) is 1.82. The van der Waals surface area contributed by atoms with Crippen LogP contribution in [0.2, 0.25) is 0 Å². The van der Waals surface area contributed by atoms with Gasteiger partial charge in [-0.25, -0.2) is 9.78 Å². The van der Waals surface area contributed by atoms with Crippen molar-refractivity contribution in [2.24, 2.45) is 0 Å². The maximum atomic E-state index is 12.3. The number of unbranched alkanes of at least 4 members (excludes halogenated alkanes) is 1. The molecule has 1 aromatic rings. The summed E-state index contributed by atoms with van der Waals surface area (Å²) in [5.74, 6) is -1.25. The highest BCUT2D eigenvalue weighted by Gasteiger charge is 2.17. The van der Waals surface area contributed by atoms with Gasteiger partial charge in [0.25, 0.3) is 5.91 Å². The molecule has 1 N–H and O–H groups in total. The summed E-state index contributed by atoms with van der Waals surface area (Å²) in [7, 11) is 0. The van der Waals surface area contributed by atoms with Crippen LogP contribution in [-0.2, 0) is 0 Å². The number of aromatic carboxylic acids is 1. The highest BCUT2D eigenvalue weighted by Crippen LogP contribution is 2.09. The molecule has 0 spiro atoms. The molecule has 19 heavy (non-hydrogen) atoms. The Bertz CT molecular complexity index is 472. The van der Waals surface area contributed by atoms with Crippen molar-refractivity contribution in [3.05, 3.63) is 29.1 Å². The average molecular weight is 264 g/mol. The van der Waals surface area contributed by atoms with E-state index in [1.54, 1.807) is 11.8 Å². The van der Waals surface area contributed by atoms with E-state index >= 15 is 0 Å². The second-order valence-corrected chi connectivity index (χ2v) is 4.43. The van der Waals surface area contributed by atoms with Gasteiger partial charge in [-0.05, 0) is 32.4 Å². The molecule has 1 amide bonds. The maximum Gasteiger partial charge on any atom is 0.335 e. The largest absolute Gasteiger partial charge is 0.478 e. The first-order valence-electron chi connectivity index (χ1n) is 6.50. The van der Waals surface area contributed by atoms with E-state index in [0.29, 0.717) is 18.8 Å². The Hall–Kier alpha value is -1.91. The third kappa shape index (κ3) is 4.05. The number of hydrogen-bond donors (Lipinski definition) is 1. The van der Waals surface area contributed by atoms with E-state index in [1.165, 1.54) is 12.1 Å². The summed E-state index contributed by atoms with van der Waals surface area (Å²) < 4.78 is 0. The Morgan fingerprint density at radius 3 is 2.53 bits per heavy atom. The van der Waals surface area contributed by atoms with Crippen molar-refractivity contribution in [2.45, 2.75) is 33.6 Å². The van der Waals surface area contributed by atoms with Crippen LogP contribution in [0, 0.1) is 6.92 Å². The summed E-state index contributed by atoms with van der Waals surface area (Å²) in [6, 6.07) is 2.80. The fraction of sp³-hybridized carbons (Fsp3) is 0.500. The molecule has 0 bridgehead atoms. The first-order chi connectivity index (χ1) is 8.99. The van der Waals surface area contributed by atoms with Gasteiger partial charge in [-0.3, -0.25) is 4.79 Å². The summed E-state index contributed by atoms with van der Waals surface area (Å²) in [5, 5.41) is 9.00. The number of carbonyl (C=O) groups excluding carboxylic acids is 1. The number of carbonyl (C=O) groups is 2. The summed E-state index contributed by atoms with van der Waals surface area (Å²) >= 11 is 0. The molecule has 0 radical (unpaired) electrons. The van der Waals surface area contributed by atoms with Gasteiger partial charge in [-0.15, -0.1) is 0 Å². The predicted molar refractivity (Wildman–Crippen MR) is 72.4 cm³/mol.